The Labute approximate surface area is 180 Å². The van der Waals surface area contributed by atoms with Crippen LogP contribution in [0.3, 0.4) is 0 Å². The zero-order chi connectivity index (χ0) is 21.3. The number of nitrogens with zero attached hydrogens (tertiary/aromatic N) is 7. The van der Waals surface area contributed by atoms with Gasteiger partial charge in [-0.1, -0.05) is 45.0 Å². The van der Waals surface area contributed by atoms with Gasteiger partial charge in [-0.3, -0.25) is 0 Å². The van der Waals surface area contributed by atoms with E-state index < -0.39 is 0 Å². The minimum absolute atomic E-state index is 0.226. The summed E-state index contributed by atoms with van der Waals surface area (Å²) in [6.45, 7) is 8.48. The summed E-state index contributed by atoms with van der Waals surface area (Å²) in [6.07, 6.45) is 0.370. The standard InChI is InChI=1S/C21H25N7OS/c1-21(2,3)20-23-18-17(19(24-20)27-9-8-16(29)12-27)25-28(26-18)11-15-7-5-4-6-14(15)10-22-13-30/h4-7,16,29H,8-12H2,1-3H3/t16-/m0/s1. The van der Waals surface area contributed by atoms with Crippen LogP contribution in [0.15, 0.2) is 29.3 Å². The predicted octanol–water partition coefficient (Wildman–Crippen LogP) is 2.74. The third kappa shape index (κ3) is 4.23. The molecule has 3 heterocycles. The van der Waals surface area contributed by atoms with Crippen molar-refractivity contribution >= 4 is 34.4 Å². The molecule has 1 saturated heterocycles. The maximum Gasteiger partial charge on any atom is 0.207 e. The van der Waals surface area contributed by atoms with Crippen molar-refractivity contribution in [2.24, 2.45) is 4.99 Å². The largest absolute Gasteiger partial charge is 0.391 e. The molecule has 1 aliphatic heterocycles. The van der Waals surface area contributed by atoms with E-state index in [1.54, 1.807) is 4.80 Å². The van der Waals surface area contributed by atoms with Crippen molar-refractivity contribution in [3.63, 3.8) is 0 Å². The number of isothiocyanates is 1. The summed E-state index contributed by atoms with van der Waals surface area (Å²) in [7, 11) is 0. The topological polar surface area (TPSA) is 92.3 Å². The Hall–Kier alpha value is -2.74. The van der Waals surface area contributed by atoms with Crippen molar-refractivity contribution in [1.82, 2.24) is 25.0 Å². The second kappa shape index (κ2) is 8.18. The number of hydrogen-bond donors (Lipinski definition) is 1. The molecule has 9 heteroatoms. The summed E-state index contributed by atoms with van der Waals surface area (Å²) < 4.78 is 0. The van der Waals surface area contributed by atoms with Gasteiger partial charge < -0.3 is 10.0 Å². The summed E-state index contributed by atoms with van der Waals surface area (Å²) in [6, 6.07) is 8.01. The molecule has 3 aromatic rings. The van der Waals surface area contributed by atoms with Crippen LogP contribution in [0.2, 0.25) is 0 Å². The molecule has 0 bridgehead atoms. The predicted molar refractivity (Wildman–Crippen MR) is 119 cm³/mol. The lowest BCUT2D eigenvalue weighted by molar-refractivity contribution is 0.198. The van der Waals surface area contributed by atoms with E-state index in [1.807, 2.05) is 24.3 Å². The number of benzene rings is 1. The molecule has 4 rings (SSSR count). The Balaban J connectivity index is 1.76. The quantitative estimate of drug-likeness (QED) is 0.498. The molecule has 1 fully saturated rings. The van der Waals surface area contributed by atoms with Gasteiger partial charge in [0.2, 0.25) is 5.65 Å². The number of aromatic nitrogens is 5. The fourth-order valence-electron chi connectivity index (χ4n) is 3.53. The molecule has 1 aromatic carbocycles. The molecule has 8 nitrogen and oxygen atoms in total. The van der Waals surface area contributed by atoms with Gasteiger partial charge >= 0.3 is 0 Å². The van der Waals surface area contributed by atoms with E-state index in [-0.39, 0.29) is 11.5 Å². The van der Waals surface area contributed by atoms with E-state index in [0.29, 0.717) is 36.6 Å². The van der Waals surface area contributed by atoms with Crippen LogP contribution in [-0.2, 0) is 18.5 Å². The van der Waals surface area contributed by atoms with Gasteiger partial charge in [0.05, 0.1) is 24.4 Å². The molecule has 30 heavy (non-hydrogen) atoms. The van der Waals surface area contributed by atoms with Gasteiger partial charge in [-0.2, -0.15) is 4.80 Å². The number of aliphatic hydroxyl groups excluding tert-OH is 1. The molecule has 0 aliphatic carbocycles. The van der Waals surface area contributed by atoms with Crippen LogP contribution in [0.25, 0.3) is 11.2 Å². The first kappa shape index (κ1) is 20.5. The summed E-state index contributed by atoms with van der Waals surface area (Å²) in [5, 5.41) is 21.8. The minimum atomic E-state index is -0.350. The lowest BCUT2D eigenvalue weighted by Gasteiger charge is -2.21. The molecular formula is C21H25N7OS. The SMILES string of the molecule is CC(C)(C)c1nc(N2CC[C@H](O)C2)c2nn(Cc3ccccc3CN=C=S)nc2n1. The molecule has 0 amide bonds. The van der Waals surface area contributed by atoms with E-state index in [0.717, 1.165) is 29.9 Å². The van der Waals surface area contributed by atoms with Crippen LogP contribution in [0.1, 0.15) is 44.1 Å². The number of β-amino-alcohol motifs (C(OH)–C–C–N with tert-alkyl or cyclic N) is 1. The minimum Gasteiger partial charge on any atom is -0.391 e. The molecule has 156 valence electrons. The first-order valence-electron chi connectivity index (χ1n) is 10.0. The van der Waals surface area contributed by atoms with Crippen molar-refractivity contribution < 1.29 is 5.11 Å². The normalized spacial score (nSPS) is 16.8. The van der Waals surface area contributed by atoms with Gasteiger partial charge in [0.25, 0.3) is 0 Å². The number of rotatable bonds is 5. The molecule has 0 spiro atoms. The summed E-state index contributed by atoms with van der Waals surface area (Å²) in [4.78, 5) is 17.3. The Morgan fingerprint density at radius 2 is 1.97 bits per heavy atom. The number of anilines is 1. The Bertz CT molecular complexity index is 1110. The van der Waals surface area contributed by atoms with Crippen LogP contribution < -0.4 is 4.90 Å². The average molecular weight is 424 g/mol. The van der Waals surface area contributed by atoms with Crippen LogP contribution in [-0.4, -0.2) is 54.4 Å². The van der Waals surface area contributed by atoms with Crippen molar-refractivity contribution in [2.45, 2.75) is 51.8 Å². The fraction of sp³-hybridized carbons (Fsp3) is 0.476. The van der Waals surface area contributed by atoms with Gasteiger partial charge in [-0.05, 0) is 29.8 Å². The molecule has 0 saturated carbocycles. The lowest BCUT2D eigenvalue weighted by Crippen LogP contribution is -2.25. The second-order valence-corrected chi connectivity index (χ2v) is 8.77. The van der Waals surface area contributed by atoms with E-state index in [2.05, 4.69) is 40.9 Å². The Morgan fingerprint density at radius 1 is 1.20 bits per heavy atom. The van der Waals surface area contributed by atoms with Crippen molar-refractivity contribution in [2.75, 3.05) is 18.0 Å². The highest BCUT2D eigenvalue weighted by molar-refractivity contribution is 7.78. The molecule has 0 unspecified atom stereocenters. The van der Waals surface area contributed by atoms with Crippen molar-refractivity contribution in [3.05, 3.63) is 41.2 Å². The Morgan fingerprint density at radius 3 is 2.63 bits per heavy atom. The molecule has 1 atom stereocenters. The van der Waals surface area contributed by atoms with Gasteiger partial charge in [0.15, 0.2) is 11.3 Å². The van der Waals surface area contributed by atoms with Gasteiger partial charge in [0.1, 0.15) is 5.82 Å². The highest BCUT2D eigenvalue weighted by Crippen LogP contribution is 2.29. The third-order valence-corrected chi connectivity index (χ3v) is 5.28. The van der Waals surface area contributed by atoms with Gasteiger partial charge in [-0.15, -0.1) is 10.2 Å². The zero-order valence-corrected chi connectivity index (χ0v) is 18.2. The maximum atomic E-state index is 10.0. The fourth-order valence-corrected chi connectivity index (χ4v) is 3.60. The first-order valence-corrected chi connectivity index (χ1v) is 10.4. The summed E-state index contributed by atoms with van der Waals surface area (Å²) in [5.41, 5.74) is 3.12. The van der Waals surface area contributed by atoms with E-state index in [1.165, 1.54) is 0 Å². The molecule has 1 N–H and O–H groups in total. The van der Waals surface area contributed by atoms with Gasteiger partial charge in [-0.25, -0.2) is 15.0 Å². The smallest absolute Gasteiger partial charge is 0.207 e. The van der Waals surface area contributed by atoms with Crippen molar-refractivity contribution in [1.29, 1.82) is 0 Å². The third-order valence-electron chi connectivity index (χ3n) is 5.15. The van der Waals surface area contributed by atoms with Crippen LogP contribution in [0.5, 0.6) is 0 Å². The monoisotopic (exact) mass is 423 g/mol. The first-order chi connectivity index (χ1) is 14.3. The summed E-state index contributed by atoms with van der Waals surface area (Å²) in [5.74, 6) is 1.46. The Kier molecular flexibility index (Phi) is 5.60. The van der Waals surface area contributed by atoms with Crippen LogP contribution in [0, 0.1) is 0 Å². The summed E-state index contributed by atoms with van der Waals surface area (Å²) >= 11 is 4.70. The maximum absolute atomic E-state index is 10.0. The zero-order valence-electron chi connectivity index (χ0n) is 17.4. The van der Waals surface area contributed by atoms with Gasteiger partial charge in [0, 0.05) is 18.5 Å². The number of aliphatic hydroxyl groups is 1. The van der Waals surface area contributed by atoms with Crippen LogP contribution in [0.4, 0.5) is 5.82 Å². The number of aliphatic imine (C=N–C) groups is 1. The molecule has 0 radical (unpaired) electrons. The lowest BCUT2D eigenvalue weighted by atomic mass is 9.96. The molecule has 1 aliphatic rings. The van der Waals surface area contributed by atoms with Crippen LogP contribution >= 0.6 is 12.2 Å². The van der Waals surface area contributed by atoms with E-state index >= 15 is 0 Å². The number of thiocarbonyl (C=S) groups is 1. The number of fused-ring (bicyclic) bond motifs is 1. The second-order valence-electron chi connectivity index (χ2n) is 8.59. The van der Waals surface area contributed by atoms with Crippen molar-refractivity contribution in [3.8, 4) is 0 Å². The van der Waals surface area contributed by atoms with E-state index in [4.69, 9.17) is 27.3 Å². The molecule has 2 aromatic heterocycles. The average Bonchev–Trinajstić information content (AvgIpc) is 3.31. The number of hydrogen-bond acceptors (Lipinski definition) is 8. The van der Waals surface area contributed by atoms with E-state index in [9.17, 15) is 5.11 Å². The highest BCUT2D eigenvalue weighted by atomic mass is 32.1. The highest BCUT2D eigenvalue weighted by Gasteiger charge is 2.28. The molecular weight excluding hydrogens is 398 g/mol.